The van der Waals surface area contributed by atoms with Crippen molar-refractivity contribution in [2.75, 3.05) is 6.61 Å². The number of nitrogens with zero attached hydrogens (tertiary/aromatic N) is 1. The maximum Gasteiger partial charge on any atom is 0.404 e. The number of rotatable bonds is 3. The predicted molar refractivity (Wildman–Crippen MR) is 53.3 cm³/mol. The Kier molecular flexibility index (Phi) is 3.33. The molecule has 1 amide bonds. The number of aromatic hydroxyl groups is 1. The summed E-state index contributed by atoms with van der Waals surface area (Å²) in [6, 6.07) is 0. The first-order valence-electron chi connectivity index (χ1n) is 4.38. The van der Waals surface area contributed by atoms with Crippen LogP contribution in [-0.4, -0.2) is 27.4 Å². The normalized spacial score (nSPS) is 10.1. The molecule has 1 heterocycles. The van der Waals surface area contributed by atoms with E-state index in [-0.39, 0.29) is 18.7 Å². The number of nitrogens with two attached hydrogens (primary N) is 1. The van der Waals surface area contributed by atoms with Crippen LogP contribution in [0.3, 0.4) is 0 Å². The summed E-state index contributed by atoms with van der Waals surface area (Å²) in [6.45, 7) is 1.10. The van der Waals surface area contributed by atoms with Crippen molar-refractivity contribution < 1.29 is 14.6 Å². The molecule has 16 heavy (non-hydrogen) atoms. The number of H-pyrrole nitrogens is 1. The van der Waals surface area contributed by atoms with Gasteiger partial charge in [-0.15, -0.1) is 0 Å². The second kappa shape index (κ2) is 4.51. The highest BCUT2D eigenvalue weighted by molar-refractivity contribution is 5.64. The van der Waals surface area contributed by atoms with Crippen molar-refractivity contribution in [2.45, 2.75) is 13.5 Å². The van der Waals surface area contributed by atoms with Crippen molar-refractivity contribution in [3.05, 3.63) is 26.4 Å². The Hall–Kier alpha value is -2.25. The van der Waals surface area contributed by atoms with Crippen LogP contribution in [0, 0.1) is 6.92 Å². The minimum atomic E-state index is -0.978. The molecule has 1 aromatic heterocycles. The van der Waals surface area contributed by atoms with Crippen molar-refractivity contribution in [1.29, 1.82) is 0 Å². The molecule has 0 aliphatic heterocycles. The smallest absolute Gasteiger partial charge is 0.404 e. The summed E-state index contributed by atoms with van der Waals surface area (Å²) < 4.78 is 5.28. The average molecular weight is 229 g/mol. The van der Waals surface area contributed by atoms with Gasteiger partial charge in [0.2, 0.25) is 5.88 Å². The van der Waals surface area contributed by atoms with Gasteiger partial charge in [0.05, 0.1) is 12.1 Å². The molecular weight excluding hydrogens is 218 g/mol. The lowest BCUT2D eigenvalue weighted by Gasteiger charge is -2.08. The minimum Gasteiger partial charge on any atom is -0.494 e. The molecule has 0 aliphatic carbocycles. The lowest BCUT2D eigenvalue weighted by molar-refractivity contribution is 0.150. The second-order valence-electron chi connectivity index (χ2n) is 3.03. The van der Waals surface area contributed by atoms with Crippen molar-refractivity contribution in [2.24, 2.45) is 5.73 Å². The molecule has 0 aromatic carbocycles. The fourth-order valence-corrected chi connectivity index (χ4v) is 1.10. The summed E-state index contributed by atoms with van der Waals surface area (Å²) in [4.78, 5) is 34.6. The molecule has 0 saturated carbocycles. The van der Waals surface area contributed by atoms with Gasteiger partial charge in [-0.1, -0.05) is 0 Å². The zero-order valence-corrected chi connectivity index (χ0v) is 8.52. The Morgan fingerprint density at radius 1 is 1.56 bits per heavy atom. The molecule has 0 atom stereocenters. The molecule has 0 spiro atoms. The SMILES string of the molecule is Cc1c(O)n(CCOC(N)=O)c(=O)[nH]c1=O. The van der Waals surface area contributed by atoms with Crippen LogP contribution in [0.5, 0.6) is 5.88 Å². The number of primary amides is 1. The summed E-state index contributed by atoms with van der Waals surface area (Å²) in [6.07, 6.45) is -0.978. The number of amides is 1. The summed E-state index contributed by atoms with van der Waals surface area (Å²) in [5.74, 6) is -0.457. The van der Waals surface area contributed by atoms with Crippen LogP contribution in [0.1, 0.15) is 5.56 Å². The Morgan fingerprint density at radius 3 is 2.75 bits per heavy atom. The maximum absolute atomic E-state index is 11.3. The van der Waals surface area contributed by atoms with Gasteiger partial charge in [0.1, 0.15) is 6.61 Å². The van der Waals surface area contributed by atoms with Gasteiger partial charge in [0, 0.05) is 0 Å². The standard InChI is InChI=1S/C8H11N3O5/c1-4-5(12)10-8(15)11(6(4)13)2-3-16-7(9)14/h13H,2-3H2,1H3,(H2,9,14)(H,10,12,15). The molecule has 1 rings (SSSR count). The first-order valence-corrected chi connectivity index (χ1v) is 4.38. The van der Waals surface area contributed by atoms with Crippen molar-refractivity contribution in [3.8, 4) is 5.88 Å². The van der Waals surface area contributed by atoms with E-state index in [0.29, 0.717) is 0 Å². The molecule has 1 aromatic rings. The van der Waals surface area contributed by atoms with E-state index < -0.39 is 23.2 Å². The molecule has 4 N–H and O–H groups in total. The van der Waals surface area contributed by atoms with E-state index >= 15 is 0 Å². The van der Waals surface area contributed by atoms with Crippen molar-refractivity contribution >= 4 is 6.09 Å². The van der Waals surface area contributed by atoms with Gasteiger partial charge in [0.15, 0.2) is 0 Å². The summed E-state index contributed by atoms with van der Waals surface area (Å²) in [7, 11) is 0. The van der Waals surface area contributed by atoms with Crippen LogP contribution < -0.4 is 17.0 Å². The highest BCUT2D eigenvalue weighted by atomic mass is 16.5. The monoisotopic (exact) mass is 229 g/mol. The van der Waals surface area contributed by atoms with E-state index in [1.165, 1.54) is 6.92 Å². The van der Waals surface area contributed by atoms with Crippen molar-refractivity contribution in [1.82, 2.24) is 9.55 Å². The zero-order chi connectivity index (χ0) is 12.3. The van der Waals surface area contributed by atoms with Gasteiger partial charge in [-0.25, -0.2) is 9.59 Å². The number of carbonyl (C=O) groups excluding carboxylic acids is 1. The number of hydrogen-bond acceptors (Lipinski definition) is 5. The Balaban J connectivity index is 2.97. The average Bonchev–Trinajstić information content (AvgIpc) is 2.19. The Labute approximate surface area is 89.3 Å². The number of aromatic amines is 1. The fraction of sp³-hybridized carbons (Fsp3) is 0.375. The lowest BCUT2D eigenvalue weighted by atomic mass is 10.3. The van der Waals surface area contributed by atoms with E-state index in [0.717, 1.165) is 4.57 Å². The van der Waals surface area contributed by atoms with E-state index in [9.17, 15) is 19.5 Å². The van der Waals surface area contributed by atoms with Gasteiger partial charge >= 0.3 is 11.8 Å². The van der Waals surface area contributed by atoms with Gasteiger partial charge in [-0.2, -0.15) is 0 Å². The number of nitrogens with one attached hydrogen (secondary N) is 1. The van der Waals surface area contributed by atoms with E-state index in [1.807, 2.05) is 4.98 Å². The third kappa shape index (κ3) is 2.41. The van der Waals surface area contributed by atoms with Gasteiger partial charge in [0.25, 0.3) is 5.56 Å². The van der Waals surface area contributed by atoms with Crippen molar-refractivity contribution in [3.63, 3.8) is 0 Å². The van der Waals surface area contributed by atoms with E-state index in [1.54, 1.807) is 0 Å². The molecule has 0 aliphatic rings. The summed E-state index contributed by atoms with van der Waals surface area (Å²) in [5, 5.41) is 9.50. The molecular formula is C8H11N3O5. The lowest BCUT2D eigenvalue weighted by Crippen LogP contribution is -2.32. The molecule has 88 valence electrons. The van der Waals surface area contributed by atoms with E-state index in [4.69, 9.17) is 5.73 Å². The molecule has 0 bridgehead atoms. The quantitative estimate of drug-likeness (QED) is 0.590. The highest BCUT2D eigenvalue weighted by Crippen LogP contribution is 2.07. The van der Waals surface area contributed by atoms with Crippen LogP contribution in [-0.2, 0) is 11.3 Å². The number of carbonyl (C=O) groups is 1. The van der Waals surface area contributed by atoms with Gasteiger partial charge in [-0.3, -0.25) is 14.3 Å². The number of aromatic nitrogens is 2. The maximum atomic E-state index is 11.3. The largest absolute Gasteiger partial charge is 0.494 e. The van der Waals surface area contributed by atoms with Crippen LogP contribution in [0.2, 0.25) is 0 Å². The summed E-state index contributed by atoms with van der Waals surface area (Å²) >= 11 is 0. The first-order chi connectivity index (χ1) is 7.43. The minimum absolute atomic E-state index is 0.0127. The molecule has 0 fully saturated rings. The fourth-order valence-electron chi connectivity index (χ4n) is 1.10. The second-order valence-corrected chi connectivity index (χ2v) is 3.03. The Morgan fingerprint density at radius 2 is 2.19 bits per heavy atom. The topological polar surface area (TPSA) is 127 Å². The van der Waals surface area contributed by atoms with Crippen LogP contribution >= 0.6 is 0 Å². The van der Waals surface area contributed by atoms with Gasteiger partial charge < -0.3 is 15.6 Å². The number of hydrogen-bond donors (Lipinski definition) is 3. The molecule has 0 unspecified atom stereocenters. The van der Waals surface area contributed by atoms with Crippen LogP contribution in [0.15, 0.2) is 9.59 Å². The predicted octanol–water partition coefficient (Wildman–Crippen LogP) is -1.35. The highest BCUT2D eigenvalue weighted by Gasteiger charge is 2.09. The molecule has 0 radical (unpaired) electrons. The molecule has 8 nitrogen and oxygen atoms in total. The van der Waals surface area contributed by atoms with Gasteiger partial charge in [-0.05, 0) is 6.92 Å². The third-order valence-electron chi connectivity index (χ3n) is 1.96. The zero-order valence-electron chi connectivity index (χ0n) is 8.52. The van der Waals surface area contributed by atoms with E-state index in [2.05, 4.69) is 4.74 Å². The Bertz CT molecular complexity index is 515. The molecule has 8 heteroatoms. The van der Waals surface area contributed by atoms with Crippen LogP contribution in [0.25, 0.3) is 0 Å². The van der Waals surface area contributed by atoms with Crippen LogP contribution in [0.4, 0.5) is 4.79 Å². The molecule has 0 saturated heterocycles. The first kappa shape index (κ1) is 11.8. The number of ether oxygens (including phenoxy) is 1. The summed E-state index contributed by atoms with van der Waals surface area (Å²) in [5.41, 5.74) is 3.30. The third-order valence-corrected chi connectivity index (χ3v) is 1.96.